The maximum absolute atomic E-state index is 11.9. The van der Waals surface area contributed by atoms with Crippen LogP contribution in [0.5, 0.6) is 0 Å². The summed E-state index contributed by atoms with van der Waals surface area (Å²) in [7, 11) is 1.43. The second-order valence-corrected chi connectivity index (χ2v) is 11.8. The number of fused-ring (bicyclic) bond motifs is 8. The minimum atomic E-state index is -0.219. The molecule has 7 nitrogen and oxygen atoms in total. The lowest BCUT2D eigenvalue weighted by molar-refractivity contribution is -0.140. The fourth-order valence-electron chi connectivity index (χ4n) is 6.91. The van der Waals surface area contributed by atoms with Crippen LogP contribution >= 0.6 is 0 Å². The van der Waals surface area contributed by atoms with E-state index in [9.17, 15) is 4.79 Å². The summed E-state index contributed by atoms with van der Waals surface area (Å²) in [5.74, 6) is -0.219. The van der Waals surface area contributed by atoms with Gasteiger partial charge in [0.1, 0.15) is 0 Å². The number of nitrogens with one attached hydrogen (secondary N) is 3. The molecule has 0 unspecified atom stereocenters. The zero-order valence-electron chi connectivity index (χ0n) is 27.9. The average Bonchev–Trinajstić information content (AvgIpc) is 3.69. The van der Waals surface area contributed by atoms with Crippen LogP contribution in [0.2, 0.25) is 0 Å². The maximum Gasteiger partial charge on any atom is 0.306 e. The smallest absolute Gasteiger partial charge is 0.306 e. The third kappa shape index (κ3) is 5.54. The van der Waals surface area contributed by atoms with Gasteiger partial charge in [0.05, 0.1) is 36.3 Å². The molecule has 0 radical (unpaired) electrons. The zero-order valence-corrected chi connectivity index (χ0v) is 27.9. The van der Waals surface area contributed by atoms with Gasteiger partial charge in [-0.25, -0.2) is 9.97 Å². The summed E-state index contributed by atoms with van der Waals surface area (Å²) in [6.07, 6.45) is 3.92. The fraction of sp³-hybridized carbons (Fsp3) is 0.432. The van der Waals surface area contributed by atoms with Crippen molar-refractivity contribution in [3.05, 3.63) is 68.8 Å². The first-order valence-corrected chi connectivity index (χ1v) is 16.1. The number of carbonyl (C=O) groups is 1. The van der Waals surface area contributed by atoms with Gasteiger partial charge in [0.25, 0.3) is 0 Å². The Labute approximate surface area is 261 Å². The summed E-state index contributed by atoms with van der Waals surface area (Å²) in [5.41, 5.74) is 19.6. The van der Waals surface area contributed by atoms with Crippen molar-refractivity contribution in [2.24, 2.45) is 0 Å². The van der Waals surface area contributed by atoms with Crippen LogP contribution in [0.3, 0.4) is 0 Å². The summed E-state index contributed by atoms with van der Waals surface area (Å²) < 4.78 is 4.88. The van der Waals surface area contributed by atoms with Gasteiger partial charge in [-0.15, -0.1) is 0 Å². The molecule has 3 aromatic rings. The molecule has 5 heterocycles. The number of hydrogen-bond acceptors (Lipinski definition) is 5. The third-order valence-corrected chi connectivity index (χ3v) is 9.49. The number of esters is 1. The third-order valence-electron chi connectivity index (χ3n) is 9.49. The van der Waals surface area contributed by atoms with Gasteiger partial charge in [-0.1, -0.05) is 27.7 Å². The molecule has 2 aliphatic rings. The molecular weight excluding hydrogens is 546 g/mol. The summed E-state index contributed by atoms with van der Waals surface area (Å²) in [5, 5.41) is 3.52. The van der Waals surface area contributed by atoms with E-state index in [2.05, 4.69) is 88.9 Å². The molecular formula is C37H47N5O2. The second-order valence-electron chi connectivity index (χ2n) is 11.8. The molecule has 3 aromatic heterocycles. The van der Waals surface area contributed by atoms with Crippen molar-refractivity contribution in [3.8, 4) is 0 Å². The number of methoxy groups -OCH3 is 1. The lowest BCUT2D eigenvalue weighted by Gasteiger charge is -2.10. The van der Waals surface area contributed by atoms with Crippen LogP contribution in [0.25, 0.3) is 44.4 Å². The van der Waals surface area contributed by atoms with Crippen molar-refractivity contribution in [2.75, 3.05) is 13.7 Å². The Morgan fingerprint density at radius 1 is 0.727 bits per heavy atom. The highest BCUT2D eigenvalue weighted by atomic mass is 16.5. The van der Waals surface area contributed by atoms with Gasteiger partial charge in [-0.05, 0) is 116 Å². The Hall–Kier alpha value is -3.97. The Morgan fingerprint density at radius 3 is 2.02 bits per heavy atom. The van der Waals surface area contributed by atoms with Gasteiger partial charge >= 0.3 is 5.97 Å². The number of ether oxygens (including phenoxy) is 1. The number of rotatable bonds is 9. The normalized spacial score (nSPS) is 13.3. The van der Waals surface area contributed by atoms with E-state index in [4.69, 9.17) is 14.7 Å². The Bertz CT molecular complexity index is 1850. The quantitative estimate of drug-likeness (QED) is 0.171. The predicted octanol–water partition coefficient (Wildman–Crippen LogP) is 8.39. The van der Waals surface area contributed by atoms with E-state index in [0.29, 0.717) is 19.5 Å². The van der Waals surface area contributed by atoms with Crippen molar-refractivity contribution >= 4 is 50.3 Å². The molecule has 3 N–H and O–H groups in total. The summed E-state index contributed by atoms with van der Waals surface area (Å²) in [4.78, 5) is 30.0. The number of aryl methyl sites for hydroxylation is 4. The average molecular weight is 594 g/mol. The molecule has 2 aliphatic heterocycles. The fourth-order valence-corrected chi connectivity index (χ4v) is 6.91. The molecule has 0 aliphatic carbocycles. The molecule has 0 saturated heterocycles. The maximum atomic E-state index is 11.9. The van der Waals surface area contributed by atoms with Crippen LogP contribution < -0.4 is 5.32 Å². The van der Waals surface area contributed by atoms with Crippen molar-refractivity contribution < 1.29 is 9.53 Å². The van der Waals surface area contributed by atoms with E-state index in [1.165, 1.54) is 51.7 Å². The second kappa shape index (κ2) is 12.9. The van der Waals surface area contributed by atoms with Crippen LogP contribution in [0.15, 0.2) is 18.2 Å². The van der Waals surface area contributed by atoms with Gasteiger partial charge in [0, 0.05) is 40.7 Å². The Balaban J connectivity index is 1.92. The summed E-state index contributed by atoms with van der Waals surface area (Å²) >= 11 is 0. The lowest BCUT2D eigenvalue weighted by Crippen LogP contribution is -2.19. The molecule has 0 atom stereocenters. The van der Waals surface area contributed by atoms with Crippen molar-refractivity contribution in [1.82, 2.24) is 25.3 Å². The molecule has 0 spiro atoms. The topological polar surface area (TPSA) is 95.7 Å². The molecule has 8 bridgehead atoms. The van der Waals surface area contributed by atoms with Crippen molar-refractivity contribution in [2.45, 2.75) is 94.0 Å². The van der Waals surface area contributed by atoms with Crippen molar-refractivity contribution in [3.63, 3.8) is 0 Å². The SMILES string of the molecule is CCC1=C(C)c2cc3[nH]c(cc4[nH]c(c(C)c4CC)c(CNCCC(=O)OC)c4nc(cc1n2)C(C)=C4CC)c(C)c3CC. The molecule has 0 amide bonds. The van der Waals surface area contributed by atoms with Crippen LogP contribution in [0.1, 0.15) is 111 Å². The highest BCUT2D eigenvalue weighted by Crippen LogP contribution is 2.38. The number of H-pyrrole nitrogens is 2. The molecule has 0 saturated carbocycles. The largest absolute Gasteiger partial charge is 0.469 e. The highest BCUT2D eigenvalue weighted by Gasteiger charge is 2.23. The number of aromatic amines is 2. The summed E-state index contributed by atoms with van der Waals surface area (Å²) in [6.45, 7) is 18.7. The Morgan fingerprint density at radius 2 is 1.36 bits per heavy atom. The van der Waals surface area contributed by atoms with E-state index in [-0.39, 0.29) is 5.97 Å². The monoisotopic (exact) mass is 593 g/mol. The first-order valence-electron chi connectivity index (χ1n) is 16.1. The van der Waals surface area contributed by atoms with Crippen molar-refractivity contribution in [1.29, 1.82) is 0 Å². The lowest BCUT2D eigenvalue weighted by atomic mass is 9.98. The number of nitrogens with zero attached hydrogens (tertiary/aromatic N) is 2. The predicted molar refractivity (Wildman–Crippen MR) is 183 cm³/mol. The van der Waals surface area contributed by atoms with Crippen LogP contribution in [-0.4, -0.2) is 39.6 Å². The van der Waals surface area contributed by atoms with E-state index >= 15 is 0 Å². The van der Waals surface area contributed by atoms with Gasteiger partial charge in [0.2, 0.25) is 0 Å². The standard InChI is InChI=1S/C37H47N5O2/c1-10-24-21(6)30-17-34-26(12-3)23(8)36(42-34)28(19-38-15-14-35(43)44-9)37-27(13-4)22(7)31(41-37)18-33-25(11-2)20(5)29(39-33)16-32(24)40-30/h16-18,38,40,42H,10-15,19H2,1-9H3. The highest BCUT2D eigenvalue weighted by molar-refractivity contribution is 5.96. The minimum absolute atomic E-state index is 0.219. The van der Waals surface area contributed by atoms with Crippen LogP contribution in [0, 0.1) is 13.8 Å². The van der Waals surface area contributed by atoms with Gasteiger partial charge in [-0.2, -0.15) is 0 Å². The molecule has 0 fully saturated rings. The summed E-state index contributed by atoms with van der Waals surface area (Å²) in [6, 6.07) is 6.68. The molecule has 44 heavy (non-hydrogen) atoms. The number of hydrogen-bond donors (Lipinski definition) is 3. The number of aromatic nitrogens is 4. The first kappa shape index (κ1) is 31.5. The molecule has 5 rings (SSSR count). The van der Waals surface area contributed by atoms with E-state index in [1.54, 1.807) is 0 Å². The molecule has 0 aromatic carbocycles. The number of carbonyl (C=O) groups excluding carboxylic acids is 1. The molecule has 7 heteroatoms. The van der Waals surface area contributed by atoms with Gasteiger partial charge < -0.3 is 20.0 Å². The van der Waals surface area contributed by atoms with E-state index in [0.717, 1.165) is 76.1 Å². The van der Waals surface area contributed by atoms with E-state index in [1.807, 2.05) is 0 Å². The van der Waals surface area contributed by atoms with Gasteiger partial charge in [-0.3, -0.25) is 4.79 Å². The zero-order chi connectivity index (χ0) is 31.7. The molecule has 232 valence electrons. The van der Waals surface area contributed by atoms with E-state index < -0.39 is 0 Å². The van der Waals surface area contributed by atoms with Crippen LogP contribution in [0.4, 0.5) is 0 Å². The minimum Gasteiger partial charge on any atom is -0.469 e. The van der Waals surface area contributed by atoms with Crippen LogP contribution in [-0.2, 0) is 28.9 Å². The first-order chi connectivity index (χ1) is 21.2. The number of allylic oxidation sites excluding steroid dienone is 4. The van der Waals surface area contributed by atoms with Gasteiger partial charge in [0.15, 0.2) is 0 Å². The Kier molecular flexibility index (Phi) is 9.26.